The number of hydrogen-bond acceptors (Lipinski definition) is 5. The first-order chi connectivity index (χ1) is 8.06. The number of piperidine rings is 1. The van der Waals surface area contributed by atoms with Gasteiger partial charge in [0, 0.05) is 25.2 Å². The van der Waals surface area contributed by atoms with Gasteiger partial charge in [0.05, 0.1) is 0 Å². The van der Waals surface area contributed by atoms with Crippen molar-refractivity contribution in [2.45, 2.75) is 18.9 Å². The first-order valence-corrected chi connectivity index (χ1v) is 6.15. The Morgan fingerprint density at radius 3 is 2.53 bits per heavy atom. The molecule has 1 aliphatic heterocycles. The molecule has 17 heavy (non-hydrogen) atoms. The molecule has 0 aromatic carbocycles. The van der Waals surface area contributed by atoms with Crippen molar-refractivity contribution in [2.75, 3.05) is 37.8 Å². The minimum absolute atomic E-state index is 0.238. The Labute approximate surface area is 107 Å². The average Bonchev–Trinajstić information content (AvgIpc) is 2.28. The van der Waals surface area contributed by atoms with Crippen LogP contribution in [0.1, 0.15) is 12.8 Å². The molecule has 1 saturated heterocycles. The smallest absolute Gasteiger partial charge is 0.223 e. The summed E-state index contributed by atoms with van der Waals surface area (Å²) >= 11 is 5.88. The van der Waals surface area contributed by atoms with Crippen LogP contribution in [-0.2, 0) is 0 Å². The lowest BCUT2D eigenvalue weighted by atomic mass is 10.0. The van der Waals surface area contributed by atoms with Gasteiger partial charge in [-0.05, 0) is 26.9 Å². The summed E-state index contributed by atoms with van der Waals surface area (Å²) in [6.45, 7) is 1.96. The highest BCUT2D eigenvalue weighted by molar-refractivity contribution is 6.29. The van der Waals surface area contributed by atoms with E-state index in [1.807, 2.05) is 0 Å². The third-order valence-electron chi connectivity index (χ3n) is 3.22. The van der Waals surface area contributed by atoms with Crippen molar-refractivity contribution in [2.24, 2.45) is 0 Å². The summed E-state index contributed by atoms with van der Waals surface area (Å²) in [7, 11) is 4.25. The number of nitrogen functional groups attached to an aromatic ring is 1. The van der Waals surface area contributed by atoms with Gasteiger partial charge >= 0.3 is 0 Å². The Morgan fingerprint density at radius 1 is 1.35 bits per heavy atom. The molecule has 1 aliphatic rings. The zero-order valence-electron chi connectivity index (χ0n) is 10.2. The molecule has 1 aromatic rings. The lowest BCUT2D eigenvalue weighted by Gasteiger charge is -2.35. The van der Waals surface area contributed by atoms with Crippen LogP contribution < -0.4 is 10.6 Å². The van der Waals surface area contributed by atoms with Gasteiger partial charge in [0.1, 0.15) is 11.0 Å². The molecule has 0 atom stereocenters. The maximum absolute atomic E-state index is 5.88. The average molecular weight is 256 g/mol. The second kappa shape index (κ2) is 5.06. The van der Waals surface area contributed by atoms with Crippen molar-refractivity contribution in [3.05, 3.63) is 11.2 Å². The maximum atomic E-state index is 5.88. The molecule has 2 heterocycles. The van der Waals surface area contributed by atoms with E-state index in [-0.39, 0.29) is 5.95 Å². The third kappa shape index (κ3) is 2.98. The van der Waals surface area contributed by atoms with Gasteiger partial charge in [0.15, 0.2) is 0 Å². The van der Waals surface area contributed by atoms with E-state index in [0.29, 0.717) is 11.2 Å². The Balaban J connectivity index is 2.05. The number of halogens is 1. The SMILES string of the molecule is CN(C)C1CCN(c2cc(Cl)nc(N)n2)CC1. The Morgan fingerprint density at radius 2 is 2.00 bits per heavy atom. The van der Waals surface area contributed by atoms with Crippen LogP contribution in [0, 0.1) is 0 Å². The summed E-state index contributed by atoms with van der Waals surface area (Å²) in [5.41, 5.74) is 5.60. The molecule has 2 rings (SSSR count). The topological polar surface area (TPSA) is 58.3 Å². The van der Waals surface area contributed by atoms with Crippen LogP contribution in [0.2, 0.25) is 5.15 Å². The quantitative estimate of drug-likeness (QED) is 0.806. The molecule has 6 heteroatoms. The van der Waals surface area contributed by atoms with Crippen LogP contribution in [-0.4, -0.2) is 48.1 Å². The second-order valence-corrected chi connectivity index (χ2v) is 4.98. The van der Waals surface area contributed by atoms with Gasteiger partial charge in [-0.2, -0.15) is 4.98 Å². The van der Waals surface area contributed by atoms with E-state index in [0.717, 1.165) is 31.7 Å². The molecule has 0 unspecified atom stereocenters. The van der Waals surface area contributed by atoms with Gasteiger partial charge in [0.2, 0.25) is 5.95 Å². The van der Waals surface area contributed by atoms with Crippen molar-refractivity contribution in [3.63, 3.8) is 0 Å². The second-order valence-electron chi connectivity index (χ2n) is 4.59. The van der Waals surface area contributed by atoms with E-state index < -0.39 is 0 Å². The predicted molar refractivity (Wildman–Crippen MR) is 70.4 cm³/mol. The van der Waals surface area contributed by atoms with Crippen LogP contribution in [0.25, 0.3) is 0 Å². The van der Waals surface area contributed by atoms with Crippen molar-refractivity contribution in [3.8, 4) is 0 Å². The number of hydrogen-bond donors (Lipinski definition) is 1. The maximum Gasteiger partial charge on any atom is 0.223 e. The molecule has 0 amide bonds. The van der Waals surface area contributed by atoms with Crippen molar-refractivity contribution in [1.29, 1.82) is 0 Å². The summed E-state index contributed by atoms with van der Waals surface area (Å²) in [4.78, 5) is 12.6. The minimum Gasteiger partial charge on any atom is -0.368 e. The zero-order valence-corrected chi connectivity index (χ0v) is 11.0. The van der Waals surface area contributed by atoms with Crippen LogP contribution in [0.3, 0.4) is 0 Å². The Hall–Kier alpha value is -1.07. The molecule has 1 aromatic heterocycles. The molecule has 0 aliphatic carbocycles. The molecule has 1 fully saturated rings. The van der Waals surface area contributed by atoms with Crippen molar-refractivity contribution in [1.82, 2.24) is 14.9 Å². The fourth-order valence-corrected chi connectivity index (χ4v) is 2.38. The summed E-state index contributed by atoms with van der Waals surface area (Å²) in [5.74, 6) is 1.07. The summed E-state index contributed by atoms with van der Waals surface area (Å²) in [5, 5.41) is 0.405. The molecule has 2 N–H and O–H groups in total. The fraction of sp³-hybridized carbons (Fsp3) is 0.636. The predicted octanol–water partition coefficient (Wildman–Crippen LogP) is 1.24. The fourth-order valence-electron chi connectivity index (χ4n) is 2.20. The first kappa shape index (κ1) is 12.4. The van der Waals surface area contributed by atoms with Crippen LogP contribution >= 0.6 is 11.6 Å². The standard InChI is InChI=1S/C11H18ClN5/c1-16(2)8-3-5-17(6-4-8)10-7-9(12)14-11(13)15-10/h7-8H,3-6H2,1-2H3,(H2,13,14,15). The molecule has 94 valence electrons. The first-order valence-electron chi connectivity index (χ1n) is 5.77. The molecule has 0 spiro atoms. The van der Waals surface area contributed by atoms with Crippen molar-refractivity contribution >= 4 is 23.4 Å². The third-order valence-corrected chi connectivity index (χ3v) is 3.41. The molecule has 0 saturated carbocycles. The molecule has 0 radical (unpaired) electrons. The van der Waals surface area contributed by atoms with E-state index >= 15 is 0 Å². The van der Waals surface area contributed by atoms with E-state index in [9.17, 15) is 0 Å². The van der Waals surface area contributed by atoms with Gasteiger partial charge in [-0.1, -0.05) is 11.6 Å². The molecule has 0 bridgehead atoms. The number of nitrogens with zero attached hydrogens (tertiary/aromatic N) is 4. The van der Waals surface area contributed by atoms with Gasteiger partial charge in [-0.3, -0.25) is 0 Å². The van der Waals surface area contributed by atoms with Gasteiger partial charge in [0.25, 0.3) is 0 Å². The summed E-state index contributed by atoms with van der Waals surface area (Å²) in [6, 6.07) is 2.43. The molecular formula is C11H18ClN5. The highest BCUT2D eigenvalue weighted by Gasteiger charge is 2.21. The molecule has 5 nitrogen and oxygen atoms in total. The Kier molecular flexibility index (Phi) is 3.69. The minimum atomic E-state index is 0.238. The number of aromatic nitrogens is 2. The summed E-state index contributed by atoms with van der Waals surface area (Å²) in [6.07, 6.45) is 2.27. The monoisotopic (exact) mass is 255 g/mol. The van der Waals surface area contributed by atoms with E-state index in [1.54, 1.807) is 6.07 Å². The normalized spacial score (nSPS) is 17.8. The highest BCUT2D eigenvalue weighted by Crippen LogP contribution is 2.22. The van der Waals surface area contributed by atoms with Gasteiger partial charge in [-0.15, -0.1) is 0 Å². The zero-order chi connectivity index (χ0) is 12.4. The lowest BCUT2D eigenvalue weighted by molar-refractivity contribution is 0.249. The highest BCUT2D eigenvalue weighted by atomic mass is 35.5. The van der Waals surface area contributed by atoms with Crippen molar-refractivity contribution < 1.29 is 0 Å². The number of rotatable bonds is 2. The van der Waals surface area contributed by atoms with Gasteiger partial charge in [-0.25, -0.2) is 4.98 Å². The van der Waals surface area contributed by atoms with Crippen LogP contribution in [0.5, 0.6) is 0 Å². The summed E-state index contributed by atoms with van der Waals surface area (Å²) < 4.78 is 0. The lowest BCUT2D eigenvalue weighted by Crippen LogP contribution is -2.42. The van der Waals surface area contributed by atoms with E-state index in [2.05, 4.69) is 33.9 Å². The Bertz CT molecular complexity index is 367. The van der Waals surface area contributed by atoms with Crippen LogP contribution in [0.15, 0.2) is 6.07 Å². The van der Waals surface area contributed by atoms with E-state index in [1.165, 1.54) is 0 Å². The number of nitrogens with two attached hydrogens (primary N) is 1. The van der Waals surface area contributed by atoms with Crippen LogP contribution in [0.4, 0.5) is 11.8 Å². The number of anilines is 2. The van der Waals surface area contributed by atoms with E-state index in [4.69, 9.17) is 17.3 Å². The molecular weight excluding hydrogens is 238 g/mol. The van der Waals surface area contributed by atoms with Gasteiger partial charge < -0.3 is 15.5 Å². The largest absolute Gasteiger partial charge is 0.368 e.